The Bertz CT molecular complexity index is 835. The summed E-state index contributed by atoms with van der Waals surface area (Å²) in [5, 5.41) is 20.5. The van der Waals surface area contributed by atoms with Crippen LogP contribution in [0.5, 0.6) is 11.6 Å². The summed E-state index contributed by atoms with van der Waals surface area (Å²) < 4.78 is 10.2. The number of nitrogens with one attached hydrogen (secondary N) is 1. The molecule has 1 aromatic carbocycles. The van der Waals surface area contributed by atoms with Crippen molar-refractivity contribution in [2.75, 3.05) is 12.4 Å². The summed E-state index contributed by atoms with van der Waals surface area (Å²) in [6, 6.07) is 10.2. The molecule has 0 unspecified atom stereocenters. The Hall–Kier alpha value is -3.65. The van der Waals surface area contributed by atoms with E-state index in [4.69, 9.17) is 15.3 Å². The Morgan fingerprint density at radius 1 is 1.17 bits per heavy atom. The number of carbonyl (C=O) groups excluding carboxylic acids is 1. The van der Waals surface area contributed by atoms with Gasteiger partial charge >= 0.3 is 6.09 Å². The third-order valence-electron chi connectivity index (χ3n) is 2.98. The SMILES string of the molecule is CCc1nc(C#N)c(C#N)nc1Oc1ccc(NC(=O)OC)cc1. The van der Waals surface area contributed by atoms with Gasteiger partial charge in [0.25, 0.3) is 0 Å². The van der Waals surface area contributed by atoms with Crippen molar-refractivity contribution in [3.05, 3.63) is 41.3 Å². The Balaban J connectivity index is 2.26. The quantitative estimate of drug-likeness (QED) is 0.918. The van der Waals surface area contributed by atoms with Crippen LogP contribution in [0.1, 0.15) is 24.0 Å². The maximum atomic E-state index is 11.1. The maximum Gasteiger partial charge on any atom is 0.411 e. The largest absolute Gasteiger partial charge is 0.453 e. The molecule has 2 aromatic rings. The monoisotopic (exact) mass is 323 g/mol. The van der Waals surface area contributed by atoms with Crippen LogP contribution in [0, 0.1) is 22.7 Å². The molecule has 0 atom stereocenters. The van der Waals surface area contributed by atoms with Gasteiger partial charge in [-0.1, -0.05) is 6.92 Å². The maximum absolute atomic E-state index is 11.1. The number of methoxy groups -OCH3 is 1. The smallest absolute Gasteiger partial charge is 0.411 e. The van der Waals surface area contributed by atoms with Crippen LogP contribution in [0.4, 0.5) is 10.5 Å². The predicted molar refractivity (Wildman–Crippen MR) is 83.4 cm³/mol. The predicted octanol–water partition coefficient (Wildman–Crippen LogP) is 2.75. The number of nitrogens with zero attached hydrogens (tertiary/aromatic N) is 4. The lowest BCUT2D eigenvalue weighted by Gasteiger charge is -2.10. The van der Waals surface area contributed by atoms with Gasteiger partial charge in [0.1, 0.15) is 23.6 Å². The molecule has 8 nitrogen and oxygen atoms in total. The molecule has 1 heterocycles. The Labute approximate surface area is 138 Å². The van der Waals surface area contributed by atoms with Crippen molar-refractivity contribution < 1.29 is 14.3 Å². The van der Waals surface area contributed by atoms with E-state index < -0.39 is 6.09 Å². The van der Waals surface area contributed by atoms with Gasteiger partial charge in [0.05, 0.1) is 7.11 Å². The lowest BCUT2D eigenvalue weighted by Crippen LogP contribution is -2.10. The highest BCUT2D eigenvalue weighted by atomic mass is 16.5. The van der Waals surface area contributed by atoms with Crippen LogP contribution < -0.4 is 10.1 Å². The molecule has 0 saturated heterocycles. The van der Waals surface area contributed by atoms with E-state index in [1.165, 1.54) is 7.11 Å². The van der Waals surface area contributed by atoms with Crippen molar-refractivity contribution in [3.8, 4) is 23.8 Å². The number of benzene rings is 1. The fraction of sp³-hybridized carbons (Fsp3) is 0.188. The zero-order valence-corrected chi connectivity index (χ0v) is 13.0. The van der Waals surface area contributed by atoms with Gasteiger partial charge in [-0.2, -0.15) is 15.5 Å². The number of nitriles is 2. The third-order valence-corrected chi connectivity index (χ3v) is 2.98. The number of carbonyl (C=O) groups is 1. The molecule has 1 N–H and O–H groups in total. The van der Waals surface area contributed by atoms with Crippen molar-refractivity contribution >= 4 is 11.8 Å². The lowest BCUT2D eigenvalue weighted by atomic mass is 10.2. The second-order valence-corrected chi connectivity index (χ2v) is 4.49. The standard InChI is InChI=1S/C16H13N5O3/c1-3-12-15(21-14(9-18)13(8-17)20-12)24-11-6-4-10(5-7-11)19-16(22)23-2/h4-7H,3H2,1-2H3,(H,19,22). The number of rotatable bonds is 4. The van der Waals surface area contributed by atoms with Gasteiger partial charge in [-0.15, -0.1) is 0 Å². The van der Waals surface area contributed by atoms with E-state index in [1.54, 1.807) is 24.3 Å². The van der Waals surface area contributed by atoms with Gasteiger partial charge in [-0.25, -0.2) is 9.78 Å². The van der Waals surface area contributed by atoms with Crippen LogP contribution in [0.2, 0.25) is 0 Å². The third kappa shape index (κ3) is 3.76. The summed E-state index contributed by atoms with van der Waals surface area (Å²) in [6.07, 6.45) is -0.0846. The molecule has 1 aromatic heterocycles. The molecule has 0 radical (unpaired) electrons. The second kappa shape index (κ2) is 7.56. The van der Waals surface area contributed by atoms with E-state index in [1.807, 2.05) is 19.1 Å². The molecule has 8 heteroatoms. The van der Waals surface area contributed by atoms with Crippen LogP contribution >= 0.6 is 0 Å². The molecule has 0 spiro atoms. The van der Waals surface area contributed by atoms with E-state index in [0.29, 0.717) is 23.6 Å². The van der Waals surface area contributed by atoms with Gasteiger partial charge in [0.15, 0.2) is 11.4 Å². The first kappa shape index (κ1) is 16.7. The average molecular weight is 323 g/mol. The fourth-order valence-electron chi connectivity index (χ4n) is 1.81. The minimum absolute atomic E-state index is 0.0284. The molecule has 0 bridgehead atoms. The first-order chi connectivity index (χ1) is 11.6. The van der Waals surface area contributed by atoms with E-state index in [-0.39, 0.29) is 17.3 Å². The number of anilines is 1. The molecule has 120 valence electrons. The van der Waals surface area contributed by atoms with Crippen molar-refractivity contribution in [3.63, 3.8) is 0 Å². The minimum Gasteiger partial charge on any atom is -0.453 e. The average Bonchev–Trinajstić information content (AvgIpc) is 2.62. The topological polar surface area (TPSA) is 121 Å². The lowest BCUT2D eigenvalue weighted by molar-refractivity contribution is 0.187. The second-order valence-electron chi connectivity index (χ2n) is 4.49. The highest BCUT2D eigenvalue weighted by Crippen LogP contribution is 2.25. The number of amides is 1. The first-order valence-electron chi connectivity index (χ1n) is 6.95. The molecule has 24 heavy (non-hydrogen) atoms. The summed E-state index contributed by atoms with van der Waals surface area (Å²) >= 11 is 0. The van der Waals surface area contributed by atoms with E-state index >= 15 is 0 Å². The highest BCUT2D eigenvalue weighted by molar-refractivity contribution is 5.84. The van der Waals surface area contributed by atoms with Crippen molar-refractivity contribution in [1.29, 1.82) is 10.5 Å². The van der Waals surface area contributed by atoms with Gasteiger partial charge in [-0.3, -0.25) is 5.32 Å². The Kier molecular flexibility index (Phi) is 5.27. The molecule has 2 rings (SSSR count). The van der Waals surface area contributed by atoms with Crippen molar-refractivity contribution in [2.45, 2.75) is 13.3 Å². The van der Waals surface area contributed by atoms with Crippen LogP contribution in [0.25, 0.3) is 0 Å². The number of aryl methyl sites for hydroxylation is 1. The normalized spacial score (nSPS) is 9.50. The van der Waals surface area contributed by atoms with Crippen LogP contribution in [0.3, 0.4) is 0 Å². The molecular formula is C16H13N5O3. The summed E-state index contributed by atoms with van der Waals surface area (Å²) in [5.74, 6) is 0.616. The van der Waals surface area contributed by atoms with Gasteiger partial charge < -0.3 is 9.47 Å². The summed E-state index contributed by atoms with van der Waals surface area (Å²) in [4.78, 5) is 19.3. The Morgan fingerprint density at radius 3 is 2.33 bits per heavy atom. The zero-order chi connectivity index (χ0) is 17.5. The summed E-state index contributed by atoms with van der Waals surface area (Å²) in [7, 11) is 1.27. The van der Waals surface area contributed by atoms with E-state index in [2.05, 4.69) is 20.0 Å². The molecule has 0 aliphatic rings. The molecule has 0 fully saturated rings. The number of hydrogen-bond donors (Lipinski definition) is 1. The van der Waals surface area contributed by atoms with Crippen molar-refractivity contribution in [2.24, 2.45) is 0 Å². The van der Waals surface area contributed by atoms with E-state index in [0.717, 1.165) is 0 Å². The van der Waals surface area contributed by atoms with Crippen LogP contribution in [0.15, 0.2) is 24.3 Å². The first-order valence-corrected chi connectivity index (χ1v) is 6.95. The van der Waals surface area contributed by atoms with Gasteiger partial charge in [0.2, 0.25) is 5.88 Å². The van der Waals surface area contributed by atoms with Crippen LogP contribution in [-0.2, 0) is 11.2 Å². The molecular weight excluding hydrogens is 310 g/mol. The number of ether oxygens (including phenoxy) is 2. The minimum atomic E-state index is -0.575. The molecule has 0 saturated carbocycles. The molecule has 0 aliphatic heterocycles. The molecule has 1 amide bonds. The zero-order valence-electron chi connectivity index (χ0n) is 13.0. The highest BCUT2D eigenvalue weighted by Gasteiger charge is 2.14. The fourth-order valence-corrected chi connectivity index (χ4v) is 1.81. The van der Waals surface area contributed by atoms with Gasteiger partial charge in [-0.05, 0) is 30.7 Å². The van der Waals surface area contributed by atoms with E-state index in [9.17, 15) is 4.79 Å². The van der Waals surface area contributed by atoms with Crippen molar-refractivity contribution in [1.82, 2.24) is 9.97 Å². The summed E-state index contributed by atoms with van der Waals surface area (Å²) in [5.41, 5.74) is 0.892. The van der Waals surface area contributed by atoms with Crippen LogP contribution in [-0.4, -0.2) is 23.2 Å². The number of hydrogen-bond acceptors (Lipinski definition) is 7. The molecule has 0 aliphatic carbocycles. The van der Waals surface area contributed by atoms with Gasteiger partial charge in [0, 0.05) is 5.69 Å². The summed E-state index contributed by atoms with van der Waals surface area (Å²) in [6.45, 7) is 1.84. The number of aromatic nitrogens is 2. The Morgan fingerprint density at radius 2 is 1.79 bits per heavy atom.